The molecule has 0 aromatic carbocycles. The average molecular weight is 202 g/mol. The van der Waals surface area contributed by atoms with Crippen LogP contribution in [-0.4, -0.2) is 19.7 Å². The lowest BCUT2D eigenvalue weighted by atomic mass is 10.3. The van der Waals surface area contributed by atoms with E-state index < -0.39 is 0 Å². The average Bonchev–Trinajstić information content (AvgIpc) is 2.63. The molecule has 0 aliphatic heterocycles. The van der Waals surface area contributed by atoms with Crippen molar-refractivity contribution in [2.45, 2.75) is 6.54 Å². The van der Waals surface area contributed by atoms with Gasteiger partial charge in [-0.3, -0.25) is 9.55 Å². The predicted molar refractivity (Wildman–Crippen MR) is 56.3 cm³/mol. The minimum Gasteiger partial charge on any atom is -0.271 e. The van der Waals surface area contributed by atoms with Crippen molar-refractivity contribution in [2.24, 2.45) is 0 Å². The number of allylic oxidation sites excluding steroid dienone is 1. The van der Waals surface area contributed by atoms with Crippen LogP contribution >= 0.6 is 0 Å². The van der Waals surface area contributed by atoms with Gasteiger partial charge in [-0.15, -0.1) is 6.58 Å². The first-order chi connectivity index (χ1) is 7.33. The largest absolute Gasteiger partial charge is 0.343 e. The second-order valence-corrected chi connectivity index (χ2v) is 2.99. The summed E-state index contributed by atoms with van der Waals surface area (Å²) in [6.45, 7) is 4.02. The van der Waals surface area contributed by atoms with Crippen molar-refractivity contribution in [1.82, 2.24) is 19.7 Å². The van der Waals surface area contributed by atoms with Crippen LogP contribution < -0.4 is 5.69 Å². The van der Waals surface area contributed by atoms with Crippen molar-refractivity contribution in [3.05, 3.63) is 47.7 Å². The maximum Gasteiger partial charge on any atom is 0.343 e. The second kappa shape index (κ2) is 3.91. The Morgan fingerprint density at radius 1 is 1.60 bits per heavy atom. The molecule has 15 heavy (non-hydrogen) atoms. The Hall–Kier alpha value is -2.17. The van der Waals surface area contributed by atoms with Crippen LogP contribution in [-0.2, 0) is 6.54 Å². The van der Waals surface area contributed by atoms with Crippen molar-refractivity contribution >= 4 is 0 Å². The monoisotopic (exact) mass is 202 g/mol. The van der Waals surface area contributed by atoms with E-state index in [1.54, 1.807) is 24.5 Å². The summed E-state index contributed by atoms with van der Waals surface area (Å²) in [5.74, 6) is 0.577. The van der Waals surface area contributed by atoms with Gasteiger partial charge in [-0.25, -0.2) is 9.89 Å². The Balaban J connectivity index is 2.54. The van der Waals surface area contributed by atoms with Crippen LogP contribution in [0.15, 0.2) is 42.0 Å². The zero-order valence-electron chi connectivity index (χ0n) is 8.05. The first-order valence-corrected chi connectivity index (χ1v) is 4.49. The second-order valence-electron chi connectivity index (χ2n) is 2.99. The molecule has 1 N–H and O–H groups in total. The van der Waals surface area contributed by atoms with E-state index in [1.165, 1.54) is 4.57 Å². The number of nitrogens with one attached hydrogen (secondary N) is 1. The van der Waals surface area contributed by atoms with Gasteiger partial charge in [0.25, 0.3) is 0 Å². The van der Waals surface area contributed by atoms with Crippen molar-refractivity contribution in [2.75, 3.05) is 0 Å². The number of aromatic amines is 1. The summed E-state index contributed by atoms with van der Waals surface area (Å²) in [6.07, 6.45) is 4.98. The minimum atomic E-state index is -0.242. The number of nitrogens with zero attached hydrogens (tertiary/aromatic N) is 3. The van der Waals surface area contributed by atoms with Crippen LogP contribution in [0.5, 0.6) is 0 Å². The highest BCUT2D eigenvalue weighted by atomic mass is 16.1. The topological polar surface area (TPSA) is 63.6 Å². The Morgan fingerprint density at radius 2 is 2.47 bits per heavy atom. The molecule has 76 valence electrons. The van der Waals surface area contributed by atoms with E-state index in [1.807, 2.05) is 6.07 Å². The number of pyridine rings is 1. The molecular formula is C10H10N4O. The van der Waals surface area contributed by atoms with Crippen molar-refractivity contribution < 1.29 is 0 Å². The molecule has 0 fully saturated rings. The van der Waals surface area contributed by atoms with E-state index >= 15 is 0 Å². The Labute approximate surface area is 86.1 Å². The number of aromatic nitrogens is 4. The quantitative estimate of drug-likeness (QED) is 0.749. The molecular weight excluding hydrogens is 192 g/mol. The van der Waals surface area contributed by atoms with Crippen LogP contribution in [0.3, 0.4) is 0 Å². The lowest BCUT2D eigenvalue weighted by Crippen LogP contribution is -2.16. The summed E-state index contributed by atoms with van der Waals surface area (Å²) in [4.78, 5) is 15.4. The molecule has 0 aliphatic carbocycles. The first-order valence-electron chi connectivity index (χ1n) is 4.49. The maximum atomic E-state index is 11.4. The van der Waals surface area contributed by atoms with Gasteiger partial charge >= 0.3 is 5.69 Å². The van der Waals surface area contributed by atoms with E-state index in [9.17, 15) is 4.79 Å². The molecule has 0 bridgehead atoms. The fourth-order valence-corrected chi connectivity index (χ4v) is 1.33. The van der Waals surface area contributed by atoms with Crippen LogP contribution in [0.4, 0.5) is 0 Å². The lowest BCUT2D eigenvalue weighted by molar-refractivity contribution is 0.790. The first kappa shape index (κ1) is 9.39. The highest BCUT2D eigenvalue weighted by molar-refractivity contribution is 5.52. The van der Waals surface area contributed by atoms with Crippen LogP contribution in [0.2, 0.25) is 0 Å². The van der Waals surface area contributed by atoms with E-state index in [2.05, 4.69) is 21.8 Å². The van der Waals surface area contributed by atoms with E-state index in [0.29, 0.717) is 12.4 Å². The normalized spacial score (nSPS) is 10.1. The molecule has 0 atom stereocenters. The van der Waals surface area contributed by atoms with E-state index in [4.69, 9.17) is 0 Å². The highest BCUT2D eigenvalue weighted by Crippen LogP contribution is 2.12. The molecule has 0 unspecified atom stereocenters. The highest BCUT2D eigenvalue weighted by Gasteiger charge is 2.08. The summed E-state index contributed by atoms with van der Waals surface area (Å²) >= 11 is 0. The van der Waals surface area contributed by atoms with Crippen LogP contribution in [0.25, 0.3) is 11.4 Å². The summed E-state index contributed by atoms with van der Waals surface area (Å²) in [5, 5.41) is 6.34. The fraction of sp³-hybridized carbons (Fsp3) is 0.100. The molecule has 0 amide bonds. The van der Waals surface area contributed by atoms with Gasteiger partial charge < -0.3 is 0 Å². The maximum absolute atomic E-state index is 11.4. The Bertz CT molecular complexity index is 512. The van der Waals surface area contributed by atoms with Gasteiger partial charge in [0.1, 0.15) is 0 Å². The van der Waals surface area contributed by atoms with Gasteiger partial charge in [0.05, 0.1) is 0 Å². The number of rotatable bonds is 3. The molecule has 0 saturated heterocycles. The predicted octanol–water partition coefficient (Wildman–Crippen LogP) is 0.819. The summed E-state index contributed by atoms with van der Waals surface area (Å²) in [5.41, 5.74) is 0.562. The summed E-state index contributed by atoms with van der Waals surface area (Å²) < 4.78 is 1.50. The van der Waals surface area contributed by atoms with Crippen LogP contribution in [0.1, 0.15) is 0 Å². The molecule has 2 aromatic heterocycles. The van der Waals surface area contributed by atoms with Crippen molar-refractivity contribution in [3.8, 4) is 11.4 Å². The van der Waals surface area contributed by atoms with Gasteiger partial charge in [-0.2, -0.15) is 5.10 Å². The van der Waals surface area contributed by atoms with E-state index in [0.717, 1.165) is 5.56 Å². The molecule has 0 aliphatic rings. The third-order valence-electron chi connectivity index (χ3n) is 1.99. The molecule has 2 aromatic rings. The summed E-state index contributed by atoms with van der Waals surface area (Å²) in [6, 6.07) is 3.65. The summed E-state index contributed by atoms with van der Waals surface area (Å²) in [7, 11) is 0. The van der Waals surface area contributed by atoms with Crippen LogP contribution in [0, 0.1) is 0 Å². The molecule has 0 saturated carbocycles. The zero-order chi connectivity index (χ0) is 10.7. The lowest BCUT2D eigenvalue weighted by Gasteiger charge is -2.01. The van der Waals surface area contributed by atoms with Gasteiger partial charge in [0.15, 0.2) is 5.82 Å². The zero-order valence-corrected chi connectivity index (χ0v) is 8.05. The molecule has 0 spiro atoms. The smallest absolute Gasteiger partial charge is 0.271 e. The Kier molecular flexibility index (Phi) is 2.45. The number of H-pyrrole nitrogens is 1. The van der Waals surface area contributed by atoms with E-state index in [-0.39, 0.29) is 5.69 Å². The van der Waals surface area contributed by atoms with Crippen molar-refractivity contribution in [3.63, 3.8) is 0 Å². The number of hydrogen-bond donors (Lipinski definition) is 1. The van der Waals surface area contributed by atoms with Gasteiger partial charge in [-0.1, -0.05) is 6.08 Å². The Morgan fingerprint density at radius 3 is 3.13 bits per heavy atom. The SMILES string of the molecule is C=CCn1c(-c2cccnc2)n[nH]c1=O. The number of hydrogen-bond acceptors (Lipinski definition) is 3. The molecule has 5 heteroatoms. The molecule has 2 rings (SSSR count). The molecule has 0 radical (unpaired) electrons. The molecule has 2 heterocycles. The standard InChI is InChI=1S/C10H10N4O/c1-2-6-14-9(12-13-10(14)15)8-4-3-5-11-7-8/h2-5,7H,1,6H2,(H,13,15). The third kappa shape index (κ3) is 1.71. The van der Waals surface area contributed by atoms with Gasteiger partial charge in [-0.05, 0) is 12.1 Å². The van der Waals surface area contributed by atoms with Gasteiger partial charge in [0, 0.05) is 24.5 Å². The minimum absolute atomic E-state index is 0.242. The van der Waals surface area contributed by atoms with Gasteiger partial charge in [0.2, 0.25) is 0 Å². The molecule has 5 nitrogen and oxygen atoms in total. The van der Waals surface area contributed by atoms with Crippen molar-refractivity contribution in [1.29, 1.82) is 0 Å². The third-order valence-corrected chi connectivity index (χ3v) is 1.99. The fourth-order valence-electron chi connectivity index (χ4n) is 1.33.